The Balaban J connectivity index is 2.25. The first kappa shape index (κ1) is 21.8. The van der Waals surface area contributed by atoms with E-state index in [0.29, 0.717) is 33.9 Å². The van der Waals surface area contributed by atoms with E-state index in [-0.39, 0.29) is 5.41 Å². The van der Waals surface area contributed by atoms with Crippen LogP contribution in [0.2, 0.25) is 5.02 Å². The number of carbonyl (C=O) groups excluding carboxylic acids is 1. The highest BCUT2D eigenvalue weighted by Gasteiger charge is 2.39. The van der Waals surface area contributed by atoms with Gasteiger partial charge < -0.3 is 14.7 Å². The number of benzene rings is 2. The van der Waals surface area contributed by atoms with E-state index in [4.69, 9.17) is 16.3 Å². The zero-order valence-corrected chi connectivity index (χ0v) is 17.8. The molecule has 0 saturated heterocycles. The number of hydrogen-bond donors (Lipinski definition) is 1. The SMILES string of the molecule is CC(C)(C)CN1C(=O)[C@@H](CC(=O)O)O[C@H](c2ccccc2Cl)c2cc(C#N)ccc21. The average molecular weight is 427 g/mol. The van der Waals surface area contributed by atoms with E-state index < -0.39 is 30.5 Å². The summed E-state index contributed by atoms with van der Waals surface area (Å²) in [6.07, 6.45) is -2.45. The van der Waals surface area contributed by atoms with Crippen LogP contribution < -0.4 is 4.90 Å². The normalized spacial score (nSPS) is 19.0. The predicted octanol–water partition coefficient (Wildman–Crippen LogP) is 4.55. The fourth-order valence-corrected chi connectivity index (χ4v) is 3.76. The van der Waals surface area contributed by atoms with Crippen molar-refractivity contribution in [1.29, 1.82) is 5.26 Å². The second-order valence-corrected chi connectivity index (χ2v) is 8.90. The number of anilines is 1. The van der Waals surface area contributed by atoms with Crippen molar-refractivity contribution in [1.82, 2.24) is 0 Å². The fraction of sp³-hybridized carbons (Fsp3) is 0.348. The molecule has 7 heteroatoms. The summed E-state index contributed by atoms with van der Waals surface area (Å²) in [4.78, 5) is 26.4. The molecule has 1 amide bonds. The van der Waals surface area contributed by atoms with Gasteiger partial charge in [0.25, 0.3) is 5.91 Å². The third-order valence-electron chi connectivity index (χ3n) is 4.75. The summed E-state index contributed by atoms with van der Waals surface area (Å²) in [5.74, 6) is -1.56. The Labute approximate surface area is 180 Å². The summed E-state index contributed by atoms with van der Waals surface area (Å²) >= 11 is 6.42. The van der Waals surface area contributed by atoms with E-state index >= 15 is 0 Å². The van der Waals surface area contributed by atoms with Gasteiger partial charge >= 0.3 is 5.97 Å². The third-order valence-corrected chi connectivity index (χ3v) is 5.10. The molecule has 2 aromatic rings. The van der Waals surface area contributed by atoms with Gasteiger partial charge in [-0.25, -0.2) is 0 Å². The molecule has 156 valence electrons. The third kappa shape index (κ3) is 4.64. The maximum Gasteiger partial charge on any atom is 0.306 e. The number of aliphatic carboxylic acids is 1. The number of ether oxygens (including phenoxy) is 1. The minimum atomic E-state index is -1.19. The molecule has 6 nitrogen and oxygen atoms in total. The fourth-order valence-electron chi connectivity index (χ4n) is 3.53. The van der Waals surface area contributed by atoms with Gasteiger partial charge in [-0.2, -0.15) is 5.26 Å². The molecule has 0 radical (unpaired) electrons. The van der Waals surface area contributed by atoms with Crippen LogP contribution in [-0.4, -0.2) is 29.6 Å². The average Bonchev–Trinajstić information content (AvgIpc) is 2.77. The van der Waals surface area contributed by atoms with Crippen LogP contribution in [-0.2, 0) is 14.3 Å². The topological polar surface area (TPSA) is 90.6 Å². The molecule has 0 aliphatic carbocycles. The van der Waals surface area contributed by atoms with Gasteiger partial charge in [-0.05, 0) is 29.7 Å². The predicted molar refractivity (Wildman–Crippen MR) is 113 cm³/mol. The summed E-state index contributed by atoms with van der Waals surface area (Å²) in [5, 5.41) is 19.2. The highest BCUT2D eigenvalue weighted by atomic mass is 35.5. The van der Waals surface area contributed by atoms with E-state index in [0.717, 1.165) is 0 Å². The zero-order valence-electron chi connectivity index (χ0n) is 17.1. The largest absolute Gasteiger partial charge is 0.481 e. The second-order valence-electron chi connectivity index (χ2n) is 8.49. The number of fused-ring (bicyclic) bond motifs is 1. The van der Waals surface area contributed by atoms with Gasteiger partial charge in [0, 0.05) is 28.4 Å². The molecule has 1 aliphatic rings. The van der Waals surface area contributed by atoms with Crippen molar-refractivity contribution in [3.8, 4) is 6.07 Å². The summed E-state index contributed by atoms with van der Waals surface area (Å²) in [6.45, 7) is 6.34. The Kier molecular flexibility index (Phi) is 6.16. The molecule has 0 bridgehead atoms. The van der Waals surface area contributed by atoms with Crippen molar-refractivity contribution < 1.29 is 19.4 Å². The van der Waals surface area contributed by atoms with Gasteiger partial charge in [0.05, 0.1) is 18.1 Å². The Morgan fingerprint density at radius 1 is 1.23 bits per heavy atom. The van der Waals surface area contributed by atoms with Gasteiger partial charge in [-0.15, -0.1) is 0 Å². The molecule has 2 atom stereocenters. The van der Waals surface area contributed by atoms with Crippen molar-refractivity contribution in [2.75, 3.05) is 11.4 Å². The van der Waals surface area contributed by atoms with Crippen LogP contribution in [0.5, 0.6) is 0 Å². The molecule has 2 aromatic carbocycles. The molecule has 1 aliphatic heterocycles. The molecule has 0 unspecified atom stereocenters. The molecule has 1 heterocycles. The van der Waals surface area contributed by atoms with E-state index in [1.165, 1.54) is 0 Å². The maximum absolute atomic E-state index is 13.4. The minimum Gasteiger partial charge on any atom is -0.481 e. The molecule has 30 heavy (non-hydrogen) atoms. The standard InChI is InChI=1S/C23H23ClN2O4/c1-23(2,3)13-26-18-9-8-14(12-25)10-16(18)21(15-6-4-5-7-17(15)24)30-19(22(26)29)11-20(27)28/h4-10,19,21H,11,13H2,1-3H3,(H,27,28)/t19-,21-/m1/s1. The zero-order chi connectivity index (χ0) is 22.1. The van der Waals surface area contributed by atoms with Gasteiger partial charge in [-0.3, -0.25) is 9.59 Å². The Morgan fingerprint density at radius 3 is 2.53 bits per heavy atom. The summed E-state index contributed by atoms with van der Waals surface area (Å²) in [5.41, 5.74) is 1.96. The number of carbonyl (C=O) groups is 2. The number of amides is 1. The van der Waals surface area contributed by atoms with Crippen molar-refractivity contribution in [3.63, 3.8) is 0 Å². The highest BCUT2D eigenvalue weighted by molar-refractivity contribution is 6.31. The molecule has 3 rings (SSSR count). The van der Waals surface area contributed by atoms with Crippen LogP contribution in [0.25, 0.3) is 0 Å². The molecule has 0 spiro atoms. The number of carboxylic acids is 1. The number of carboxylic acid groups (broad SMARTS) is 1. The molecular formula is C23H23ClN2O4. The van der Waals surface area contributed by atoms with E-state index in [2.05, 4.69) is 6.07 Å². The lowest BCUT2D eigenvalue weighted by atomic mass is 9.93. The van der Waals surface area contributed by atoms with Gasteiger partial charge in [0.2, 0.25) is 0 Å². The van der Waals surface area contributed by atoms with Crippen LogP contribution in [0.1, 0.15) is 50.0 Å². The first-order valence-corrected chi connectivity index (χ1v) is 9.95. The monoisotopic (exact) mass is 426 g/mol. The van der Waals surface area contributed by atoms with Gasteiger partial charge in [0.1, 0.15) is 12.2 Å². The molecule has 0 fully saturated rings. The lowest BCUT2D eigenvalue weighted by Crippen LogP contribution is -2.44. The lowest BCUT2D eigenvalue weighted by molar-refractivity contribution is -0.147. The number of nitriles is 1. The smallest absolute Gasteiger partial charge is 0.306 e. The summed E-state index contributed by atoms with van der Waals surface area (Å²) in [7, 11) is 0. The number of hydrogen-bond acceptors (Lipinski definition) is 4. The summed E-state index contributed by atoms with van der Waals surface area (Å²) < 4.78 is 6.11. The quantitative estimate of drug-likeness (QED) is 0.774. The number of nitrogens with zero attached hydrogens (tertiary/aromatic N) is 2. The van der Waals surface area contributed by atoms with Crippen LogP contribution in [0.4, 0.5) is 5.69 Å². The maximum atomic E-state index is 13.4. The molecule has 0 aromatic heterocycles. The second kappa shape index (κ2) is 8.47. The van der Waals surface area contributed by atoms with Crippen molar-refractivity contribution in [2.24, 2.45) is 5.41 Å². The van der Waals surface area contributed by atoms with Crippen molar-refractivity contribution in [3.05, 3.63) is 64.2 Å². The Morgan fingerprint density at radius 2 is 1.93 bits per heavy atom. The number of halogens is 1. The van der Waals surface area contributed by atoms with E-state index in [1.807, 2.05) is 20.8 Å². The van der Waals surface area contributed by atoms with Gasteiger partial charge in [0.15, 0.2) is 0 Å². The van der Waals surface area contributed by atoms with Crippen LogP contribution in [0, 0.1) is 16.7 Å². The molecular weight excluding hydrogens is 404 g/mol. The van der Waals surface area contributed by atoms with Crippen LogP contribution >= 0.6 is 11.6 Å². The summed E-state index contributed by atoms with van der Waals surface area (Å²) in [6, 6.07) is 14.2. The highest BCUT2D eigenvalue weighted by Crippen LogP contribution is 2.42. The molecule has 0 saturated carbocycles. The number of rotatable bonds is 4. The lowest BCUT2D eigenvalue weighted by Gasteiger charge is -2.31. The van der Waals surface area contributed by atoms with Crippen molar-refractivity contribution >= 4 is 29.2 Å². The van der Waals surface area contributed by atoms with Crippen LogP contribution in [0.3, 0.4) is 0 Å². The minimum absolute atomic E-state index is 0.251. The first-order chi connectivity index (χ1) is 14.1. The first-order valence-electron chi connectivity index (χ1n) is 9.58. The van der Waals surface area contributed by atoms with Crippen molar-refractivity contribution in [2.45, 2.75) is 39.4 Å². The molecule has 1 N–H and O–H groups in total. The van der Waals surface area contributed by atoms with E-state index in [9.17, 15) is 20.0 Å². The Bertz CT molecular complexity index is 1020. The Hall–Kier alpha value is -2.88. The van der Waals surface area contributed by atoms with Gasteiger partial charge in [-0.1, -0.05) is 50.6 Å². The van der Waals surface area contributed by atoms with Crippen LogP contribution in [0.15, 0.2) is 42.5 Å². The van der Waals surface area contributed by atoms with E-state index in [1.54, 1.807) is 47.4 Å².